The maximum atomic E-state index is 12.6. The monoisotopic (exact) mass is 314 g/mol. The Balaban J connectivity index is 1.68. The molecule has 0 saturated heterocycles. The van der Waals surface area contributed by atoms with Gasteiger partial charge in [-0.25, -0.2) is 0 Å². The number of hydrogen-bond donors (Lipinski definition) is 2. The minimum absolute atomic E-state index is 0.00123. The zero-order valence-electron chi connectivity index (χ0n) is 12.7. The molecule has 0 aromatic heterocycles. The molecule has 0 bridgehead atoms. The van der Waals surface area contributed by atoms with Crippen molar-refractivity contribution in [3.8, 4) is 0 Å². The third kappa shape index (κ3) is 2.95. The number of benzene rings is 2. The van der Waals surface area contributed by atoms with Crippen LogP contribution in [0.15, 0.2) is 42.5 Å². The number of aryl methyl sites for hydroxylation is 1. The first-order chi connectivity index (χ1) is 10.5. The van der Waals surface area contributed by atoms with Gasteiger partial charge < -0.3 is 10.6 Å². The predicted octanol–water partition coefficient (Wildman–Crippen LogP) is 3.69. The van der Waals surface area contributed by atoms with Gasteiger partial charge in [0.1, 0.15) is 5.54 Å². The molecule has 2 aromatic rings. The Morgan fingerprint density at radius 3 is 2.82 bits per heavy atom. The van der Waals surface area contributed by atoms with Gasteiger partial charge in [-0.15, -0.1) is 0 Å². The normalized spacial score (nSPS) is 19.4. The first kappa shape index (κ1) is 14.9. The standard InChI is InChI=1S/C18H19ClN2O/c1-12-7-13(9-15(19)8-12)11-20-17(22)18(2)10-14-5-3-4-6-16(14)21-18/h3-9,21H,10-11H2,1-2H3,(H,20,22). The van der Waals surface area contributed by atoms with Crippen LogP contribution in [-0.4, -0.2) is 11.4 Å². The van der Waals surface area contributed by atoms with Gasteiger partial charge in [0.05, 0.1) is 0 Å². The molecular weight excluding hydrogens is 296 g/mol. The smallest absolute Gasteiger partial charge is 0.246 e. The molecule has 0 fully saturated rings. The number of rotatable bonds is 3. The summed E-state index contributed by atoms with van der Waals surface area (Å²) in [5.74, 6) is 0.00123. The molecule has 2 N–H and O–H groups in total. The highest BCUT2D eigenvalue weighted by molar-refractivity contribution is 6.30. The van der Waals surface area contributed by atoms with Gasteiger partial charge in [-0.1, -0.05) is 35.9 Å². The maximum absolute atomic E-state index is 12.6. The molecule has 3 nitrogen and oxygen atoms in total. The van der Waals surface area contributed by atoms with Crippen LogP contribution in [0, 0.1) is 6.92 Å². The van der Waals surface area contributed by atoms with Crippen LogP contribution in [0.25, 0.3) is 0 Å². The van der Waals surface area contributed by atoms with E-state index in [2.05, 4.69) is 16.7 Å². The van der Waals surface area contributed by atoms with Crippen LogP contribution in [0.2, 0.25) is 5.02 Å². The largest absolute Gasteiger partial charge is 0.371 e. The molecule has 1 atom stereocenters. The summed E-state index contributed by atoms with van der Waals surface area (Å²) in [6.07, 6.45) is 0.698. The topological polar surface area (TPSA) is 41.1 Å². The van der Waals surface area contributed by atoms with Crippen molar-refractivity contribution in [2.24, 2.45) is 0 Å². The fourth-order valence-electron chi connectivity index (χ4n) is 2.95. The van der Waals surface area contributed by atoms with Gasteiger partial charge in [-0.05, 0) is 48.7 Å². The molecule has 22 heavy (non-hydrogen) atoms. The average molecular weight is 315 g/mol. The molecule has 1 amide bonds. The second kappa shape index (κ2) is 5.65. The van der Waals surface area contributed by atoms with Crippen molar-refractivity contribution in [2.75, 3.05) is 5.32 Å². The first-order valence-corrected chi connectivity index (χ1v) is 7.74. The lowest BCUT2D eigenvalue weighted by Gasteiger charge is -2.24. The Morgan fingerprint density at radius 1 is 1.32 bits per heavy atom. The van der Waals surface area contributed by atoms with Gasteiger partial charge in [0.15, 0.2) is 0 Å². The molecule has 2 aromatic carbocycles. The number of hydrogen-bond acceptors (Lipinski definition) is 2. The number of para-hydroxylation sites is 1. The second-order valence-electron chi connectivity index (χ2n) is 6.11. The van der Waals surface area contributed by atoms with Crippen molar-refractivity contribution in [2.45, 2.75) is 32.4 Å². The number of fused-ring (bicyclic) bond motifs is 1. The van der Waals surface area contributed by atoms with Crippen molar-refractivity contribution >= 4 is 23.2 Å². The van der Waals surface area contributed by atoms with Gasteiger partial charge >= 0.3 is 0 Å². The molecule has 1 aliphatic rings. The van der Waals surface area contributed by atoms with Crippen LogP contribution in [0.1, 0.15) is 23.6 Å². The summed E-state index contributed by atoms with van der Waals surface area (Å²) in [4.78, 5) is 12.6. The lowest BCUT2D eigenvalue weighted by Crippen LogP contribution is -2.48. The van der Waals surface area contributed by atoms with E-state index >= 15 is 0 Å². The summed E-state index contributed by atoms with van der Waals surface area (Å²) in [5, 5.41) is 7.04. The van der Waals surface area contributed by atoms with E-state index in [1.165, 1.54) is 5.56 Å². The summed E-state index contributed by atoms with van der Waals surface area (Å²) in [7, 11) is 0. The van der Waals surface area contributed by atoms with E-state index in [4.69, 9.17) is 11.6 Å². The molecule has 1 unspecified atom stereocenters. The van der Waals surface area contributed by atoms with Crippen molar-refractivity contribution in [3.63, 3.8) is 0 Å². The van der Waals surface area contributed by atoms with Crippen molar-refractivity contribution in [3.05, 3.63) is 64.2 Å². The third-order valence-corrected chi connectivity index (χ3v) is 4.25. The second-order valence-corrected chi connectivity index (χ2v) is 6.55. The number of carbonyl (C=O) groups is 1. The Labute approximate surface area is 135 Å². The molecule has 1 aliphatic heterocycles. The fourth-order valence-corrected chi connectivity index (χ4v) is 3.26. The van der Waals surface area contributed by atoms with Crippen LogP contribution in [0.5, 0.6) is 0 Å². The van der Waals surface area contributed by atoms with Gasteiger partial charge in [-0.3, -0.25) is 4.79 Å². The van der Waals surface area contributed by atoms with E-state index in [0.717, 1.165) is 16.8 Å². The Morgan fingerprint density at radius 2 is 2.09 bits per heavy atom. The van der Waals surface area contributed by atoms with Crippen LogP contribution >= 0.6 is 11.6 Å². The zero-order chi connectivity index (χ0) is 15.7. The minimum Gasteiger partial charge on any atom is -0.371 e. The van der Waals surface area contributed by atoms with Crippen molar-refractivity contribution in [1.29, 1.82) is 0 Å². The molecule has 0 radical (unpaired) electrons. The molecule has 0 saturated carbocycles. The maximum Gasteiger partial charge on any atom is 0.246 e. The number of nitrogens with one attached hydrogen (secondary N) is 2. The molecule has 3 rings (SSSR count). The van der Waals surface area contributed by atoms with Gasteiger partial charge in [-0.2, -0.15) is 0 Å². The molecule has 114 valence electrons. The highest BCUT2D eigenvalue weighted by Gasteiger charge is 2.38. The van der Waals surface area contributed by atoms with E-state index < -0.39 is 5.54 Å². The highest BCUT2D eigenvalue weighted by atomic mass is 35.5. The van der Waals surface area contributed by atoms with E-state index in [-0.39, 0.29) is 5.91 Å². The summed E-state index contributed by atoms with van der Waals surface area (Å²) < 4.78 is 0. The van der Waals surface area contributed by atoms with Crippen molar-refractivity contribution in [1.82, 2.24) is 5.32 Å². The number of halogens is 1. The van der Waals surface area contributed by atoms with Gasteiger partial charge in [0.2, 0.25) is 5.91 Å². The minimum atomic E-state index is -0.600. The zero-order valence-corrected chi connectivity index (χ0v) is 13.5. The number of amides is 1. The summed E-state index contributed by atoms with van der Waals surface area (Å²) >= 11 is 6.06. The van der Waals surface area contributed by atoms with Crippen LogP contribution in [0.4, 0.5) is 5.69 Å². The molecule has 1 heterocycles. The fraction of sp³-hybridized carbons (Fsp3) is 0.278. The SMILES string of the molecule is Cc1cc(Cl)cc(CNC(=O)C2(C)Cc3ccccc3N2)c1. The summed E-state index contributed by atoms with van der Waals surface area (Å²) in [6, 6.07) is 13.9. The summed E-state index contributed by atoms with van der Waals surface area (Å²) in [5.41, 5.74) is 3.72. The van der Waals surface area contributed by atoms with E-state index in [1.807, 2.05) is 50.2 Å². The van der Waals surface area contributed by atoms with E-state index in [9.17, 15) is 4.79 Å². The van der Waals surface area contributed by atoms with Gasteiger partial charge in [0, 0.05) is 23.7 Å². The Bertz CT molecular complexity index is 682. The third-order valence-electron chi connectivity index (χ3n) is 4.03. The molecule has 4 heteroatoms. The van der Waals surface area contributed by atoms with Crippen LogP contribution < -0.4 is 10.6 Å². The number of anilines is 1. The van der Waals surface area contributed by atoms with Crippen molar-refractivity contribution < 1.29 is 4.79 Å². The Hall–Kier alpha value is -2.00. The molecular formula is C18H19ClN2O. The van der Waals surface area contributed by atoms with Crippen LogP contribution in [-0.2, 0) is 17.8 Å². The van der Waals surface area contributed by atoms with Gasteiger partial charge in [0.25, 0.3) is 0 Å². The highest BCUT2D eigenvalue weighted by Crippen LogP contribution is 2.32. The quantitative estimate of drug-likeness (QED) is 0.907. The number of carbonyl (C=O) groups excluding carboxylic acids is 1. The predicted molar refractivity (Wildman–Crippen MR) is 90.2 cm³/mol. The average Bonchev–Trinajstić information content (AvgIpc) is 2.81. The van der Waals surface area contributed by atoms with E-state index in [0.29, 0.717) is 18.0 Å². The van der Waals surface area contributed by atoms with Crippen LogP contribution in [0.3, 0.4) is 0 Å². The molecule has 0 aliphatic carbocycles. The summed E-state index contributed by atoms with van der Waals surface area (Å²) in [6.45, 7) is 4.41. The lowest BCUT2D eigenvalue weighted by molar-refractivity contribution is -0.125. The molecule has 0 spiro atoms. The van der Waals surface area contributed by atoms with E-state index in [1.54, 1.807) is 0 Å². The lowest BCUT2D eigenvalue weighted by atomic mass is 9.96. The first-order valence-electron chi connectivity index (χ1n) is 7.37. The Kier molecular flexibility index (Phi) is 3.83.